The molecule has 0 aliphatic carbocycles. The van der Waals surface area contributed by atoms with Crippen LogP contribution in [0.5, 0.6) is 11.5 Å². The van der Waals surface area contributed by atoms with Crippen LogP contribution in [0.2, 0.25) is 0 Å². The summed E-state index contributed by atoms with van der Waals surface area (Å²) in [4.78, 5) is 0. The Labute approximate surface area is 118 Å². The third-order valence-corrected chi connectivity index (χ3v) is 2.97. The molecule has 4 heteroatoms. The van der Waals surface area contributed by atoms with Crippen LogP contribution >= 0.6 is 0 Å². The summed E-state index contributed by atoms with van der Waals surface area (Å²) in [7, 11) is 3.23. The molecule has 0 aliphatic heterocycles. The molecule has 0 saturated heterocycles. The molecule has 20 heavy (non-hydrogen) atoms. The van der Waals surface area contributed by atoms with E-state index >= 15 is 0 Å². The molecule has 0 atom stereocenters. The molecule has 0 aromatic heterocycles. The smallest absolute Gasteiger partial charge is 0.124 e. The molecular formula is C16H16N2O2. The molecule has 0 amide bonds. The Kier molecular flexibility index (Phi) is 4.46. The molecule has 0 fully saturated rings. The van der Waals surface area contributed by atoms with Crippen LogP contribution < -0.4 is 14.8 Å². The van der Waals surface area contributed by atoms with Gasteiger partial charge >= 0.3 is 0 Å². The first-order valence-electron chi connectivity index (χ1n) is 6.21. The van der Waals surface area contributed by atoms with E-state index in [1.165, 1.54) is 0 Å². The number of anilines is 1. The summed E-state index contributed by atoms with van der Waals surface area (Å²) in [6, 6.07) is 15.3. The molecular weight excluding hydrogens is 252 g/mol. The van der Waals surface area contributed by atoms with Crippen molar-refractivity contribution in [3.63, 3.8) is 0 Å². The van der Waals surface area contributed by atoms with Crippen molar-refractivity contribution < 1.29 is 9.47 Å². The summed E-state index contributed by atoms with van der Waals surface area (Å²) in [5.74, 6) is 1.45. The van der Waals surface area contributed by atoms with Crippen LogP contribution in [0.1, 0.15) is 11.1 Å². The minimum atomic E-state index is 0.569. The third-order valence-electron chi connectivity index (χ3n) is 2.97. The van der Waals surface area contributed by atoms with Crippen molar-refractivity contribution in [1.82, 2.24) is 0 Å². The maximum absolute atomic E-state index is 9.06. The molecule has 0 heterocycles. The third kappa shape index (κ3) is 3.21. The van der Waals surface area contributed by atoms with E-state index in [4.69, 9.17) is 14.7 Å². The van der Waals surface area contributed by atoms with Gasteiger partial charge in [-0.15, -0.1) is 0 Å². The molecule has 0 radical (unpaired) electrons. The van der Waals surface area contributed by atoms with E-state index in [-0.39, 0.29) is 0 Å². The van der Waals surface area contributed by atoms with Crippen molar-refractivity contribution in [3.05, 3.63) is 53.6 Å². The van der Waals surface area contributed by atoms with Gasteiger partial charge in [0.15, 0.2) is 0 Å². The van der Waals surface area contributed by atoms with Crippen LogP contribution in [0.25, 0.3) is 0 Å². The highest BCUT2D eigenvalue weighted by Crippen LogP contribution is 2.26. The number of ether oxygens (including phenoxy) is 2. The molecule has 2 aromatic carbocycles. The monoisotopic (exact) mass is 268 g/mol. The fraction of sp³-hybridized carbons (Fsp3) is 0.188. The maximum atomic E-state index is 9.06. The summed E-state index contributed by atoms with van der Waals surface area (Å²) in [5.41, 5.74) is 2.51. The lowest BCUT2D eigenvalue weighted by atomic mass is 10.1. The van der Waals surface area contributed by atoms with Crippen LogP contribution in [0.4, 0.5) is 5.69 Å². The second kappa shape index (κ2) is 6.48. The zero-order valence-electron chi connectivity index (χ0n) is 11.5. The number of hydrogen-bond donors (Lipinski definition) is 1. The first kappa shape index (κ1) is 13.8. The van der Waals surface area contributed by atoms with E-state index in [1.807, 2.05) is 42.5 Å². The molecule has 102 valence electrons. The van der Waals surface area contributed by atoms with Gasteiger partial charge in [0, 0.05) is 30.4 Å². The quantitative estimate of drug-likeness (QED) is 0.904. The number of nitrogens with zero attached hydrogens (tertiary/aromatic N) is 1. The van der Waals surface area contributed by atoms with Gasteiger partial charge in [0.05, 0.1) is 25.9 Å². The van der Waals surface area contributed by atoms with Crippen molar-refractivity contribution in [2.45, 2.75) is 6.54 Å². The second-order valence-corrected chi connectivity index (χ2v) is 4.22. The minimum Gasteiger partial charge on any atom is -0.497 e. The average molecular weight is 268 g/mol. The maximum Gasteiger partial charge on any atom is 0.124 e. The summed E-state index contributed by atoms with van der Waals surface area (Å²) in [6.07, 6.45) is 0. The van der Waals surface area contributed by atoms with E-state index in [9.17, 15) is 0 Å². The van der Waals surface area contributed by atoms with E-state index in [1.54, 1.807) is 14.2 Å². The summed E-state index contributed by atoms with van der Waals surface area (Å²) in [5, 5.41) is 12.3. The number of nitriles is 1. The fourth-order valence-corrected chi connectivity index (χ4v) is 1.89. The molecule has 0 bridgehead atoms. The highest BCUT2D eigenvalue weighted by Gasteiger charge is 2.04. The van der Waals surface area contributed by atoms with E-state index in [0.717, 1.165) is 22.7 Å². The van der Waals surface area contributed by atoms with Crippen LogP contribution in [0.15, 0.2) is 42.5 Å². The summed E-state index contributed by atoms with van der Waals surface area (Å²) >= 11 is 0. The Morgan fingerprint density at radius 2 is 1.70 bits per heavy atom. The number of nitrogens with one attached hydrogen (secondary N) is 1. The number of rotatable bonds is 5. The first-order valence-corrected chi connectivity index (χ1v) is 6.21. The van der Waals surface area contributed by atoms with E-state index < -0.39 is 0 Å². The molecule has 0 spiro atoms. The SMILES string of the molecule is COc1cc(NCc2ccccc2C#N)cc(OC)c1. The highest BCUT2D eigenvalue weighted by molar-refractivity contribution is 5.54. The van der Waals surface area contributed by atoms with Crippen molar-refractivity contribution in [2.24, 2.45) is 0 Å². The van der Waals surface area contributed by atoms with Gasteiger partial charge in [-0.1, -0.05) is 18.2 Å². The average Bonchev–Trinajstić information content (AvgIpc) is 2.52. The van der Waals surface area contributed by atoms with Crippen LogP contribution in [-0.4, -0.2) is 14.2 Å². The predicted molar refractivity (Wildman–Crippen MR) is 78.0 cm³/mol. The molecule has 0 aliphatic rings. The van der Waals surface area contributed by atoms with Gasteiger partial charge in [-0.25, -0.2) is 0 Å². The van der Waals surface area contributed by atoms with Gasteiger partial charge in [-0.3, -0.25) is 0 Å². The van der Waals surface area contributed by atoms with Crippen LogP contribution in [0, 0.1) is 11.3 Å². The van der Waals surface area contributed by atoms with Gasteiger partial charge in [-0.05, 0) is 11.6 Å². The van der Waals surface area contributed by atoms with Crippen molar-refractivity contribution in [1.29, 1.82) is 5.26 Å². The zero-order valence-corrected chi connectivity index (χ0v) is 11.5. The van der Waals surface area contributed by atoms with Gasteiger partial charge in [0.2, 0.25) is 0 Å². The Bertz CT molecular complexity index is 610. The van der Waals surface area contributed by atoms with Crippen LogP contribution in [-0.2, 0) is 6.54 Å². The van der Waals surface area contributed by atoms with Crippen LogP contribution in [0.3, 0.4) is 0 Å². The van der Waals surface area contributed by atoms with Gasteiger partial charge in [-0.2, -0.15) is 5.26 Å². The predicted octanol–water partition coefficient (Wildman–Crippen LogP) is 3.19. The lowest BCUT2D eigenvalue weighted by Gasteiger charge is -2.11. The molecule has 0 saturated carbocycles. The lowest BCUT2D eigenvalue weighted by Crippen LogP contribution is -2.02. The highest BCUT2D eigenvalue weighted by atomic mass is 16.5. The Balaban J connectivity index is 2.16. The number of methoxy groups -OCH3 is 2. The topological polar surface area (TPSA) is 54.3 Å². The van der Waals surface area contributed by atoms with Gasteiger partial charge in [0.1, 0.15) is 11.5 Å². The van der Waals surface area contributed by atoms with Gasteiger partial charge < -0.3 is 14.8 Å². The fourth-order valence-electron chi connectivity index (χ4n) is 1.89. The summed E-state index contributed by atoms with van der Waals surface area (Å²) < 4.78 is 10.4. The normalized spacial score (nSPS) is 9.65. The van der Waals surface area contributed by atoms with Crippen molar-refractivity contribution in [2.75, 3.05) is 19.5 Å². The van der Waals surface area contributed by atoms with E-state index in [2.05, 4.69) is 11.4 Å². The van der Waals surface area contributed by atoms with E-state index in [0.29, 0.717) is 12.1 Å². The van der Waals surface area contributed by atoms with Crippen molar-refractivity contribution >= 4 is 5.69 Å². The molecule has 2 aromatic rings. The Hall–Kier alpha value is -2.67. The Morgan fingerprint density at radius 1 is 1.05 bits per heavy atom. The van der Waals surface area contributed by atoms with Crippen molar-refractivity contribution in [3.8, 4) is 17.6 Å². The number of benzene rings is 2. The standard InChI is InChI=1S/C16H16N2O2/c1-19-15-7-14(8-16(9-15)20-2)18-11-13-6-4-3-5-12(13)10-17/h3-9,18H,11H2,1-2H3. The minimum absolute atomic E-state index is 0.569. The second-order valence-electron chi connectivity index (χ2n) is 4.22. The first-order chi connectivity index (χ1) is 9.76. The van der Waals surface area contributed by atoms with Gasteiger partial charge in [0.25, 0.3) is 0 Å². The molecule has 2 rings (SSSR count). The molecule has 0 unspecified atom stereocenters. The lowest BCUT2D eigenvalue weighted by molar-refractivity contribution is 0.394. The Morgan fingerprint density at radius 3 is 2.30 bits per heavy atom. The zero-order chi connectivity index (χ0) is 14.4. The molecule has 4 nitrogen and oxygen atoms in total. The molecule has 1 N–H and O–H groups in total. The largest absolute Gasteiger partial charge is 0.497 e. The number of hydrogen-bond acceptors (Lipinski definition) is 4. The summed E-state index contributed by atoms with van der Waals surface area (Å²) in [6.45, 7) is 0.569.